The Bertz CT molecular complexity index is 1370. The Labute approximate surface area is 265 Å². The van der Waals surface area contributed by atoms with Crippen LogP contribution in [0.15, 0.2) is 58.3 Å². The number of sulfonamides is 1. The van der Waals surface area contributed by atoms with Crippen molar-refractivity contribution < 1.29 is 18.1 Å². The molecule has 0 spiro atoms. The minimum absolute atomic E-state index is 0.109. The monoisotopic (exact) mass is 646 g/mol. The Morgan fingerprint density at radius 1 is 1.09 bits per heavy atom. The molecule has 13 heteroatoms. The van der Waals surface area contributed by atoms with E-state index in [0.717, 1.165) is 36.8 Å². The number of nitrogens with one attached hydrogen (secondary N) is 2. The van der Waals surface area contributed by atoms with Gasteiger partial charge in [-0.15, -0.1) is 11.8 Å². The van der Waals surface area contributed by atoms with E-state index in [1.807, 2.05) is 49.3 Å². The predicted octanol–water partition coefficient (Wildman–Crippen LogP) is 5.10. The van der Waals surface area contributed by atoms with E-state index in [9.17, 15) is 23.3 Å². The predicted molar refractivity (Wildman–Crippen MR) is 176 cm³/mol. The van der Waals surface area contributed by atoms with Gasteiger partial charge in [-0.25, -0.2) is 17.9 Å². The van der Waals surface area contributed by atoms with Crippen LogP contribution < -0.4 is 10.0 Å². The number of nitro groups is 1. The zero-order valence-electron chi connectivity index (χ0n) is 26.2. The van der Waals surface area contributed by atoms with Gasteiger partial charge in [0, 0.05) is 55.0 Å². The number of thioether (sulfide) groups is 1. The van der Waals surface area contributed by atoms with Gasteiger partial charge >= 0.3 is 6.03 Å². The molecule has 0 radical (unpaired) electrons. The van der Waals surface area contributed by atoms with Crippen LogP contribution in [0.25, 0.3) is 0 Å². The topological polar surface area (TPSA) is 128 Å². The maximum atomic E-state index is 13.2. The lowest BCUT2D eigenvalue weighted by molar-refractivity contribution is -0.384. The van der Waals surface area contributed by atoms with Gasteiger partial charge in [0.2, 0.25) is 0 Å². The third kappa shape index (κ3) is 9.56. The zero-order chi connectivity index (χ0) is 31.9. The highest BCUT2D eigenvalue weighted by molar-refractivity contribution is 7.99. The maximum absolute atomic E-state index is 13.2. The fraction of sp³-hybridized carbons (Fsp3) is 0.581. The Kier molecular flexibility index (Phi) is 11.5. The molecule has 2 fully saturated rings. The molecule has 2 amide bonds. The smallest absolute Gasteiger partial charge is 0.331 e. The summed E-state index contributed by atoms with van der Waals surface area (Å²) < 4.78 is 28.5. The van der Waals surface area contributed by atoms with Crippen LogP contribution in [0.1, 0.15) is 46.0 Å². The molecule has 1 atom stereocenters. The second-order valence-corrected chi connectivity index (χ2v) is 15.6. The number of hydrogen-bond donors (Lipinski definition) is 2. The lowest BCUT2D eigenvalue weighted by Gasteiger charge is -2.43. The van der Waals surface area contributed by atoms with Crippen LogP contribution in [0, 0.1) is 15.5 Å². The SMILES string of the molecule is CN(C)CC[C@H](CSc1ccccc1)Nc1ccc(S(=O)(=O)NC(=O)N2CCN(C3CCC(C)(C)CC3)CC2)cc1[N+](=O)[O-]. The van der Waals surface area contributed by atoms with E-state index in [0.29, 0.717) is 43.4 Å². The number of carbonyl (C=O) groups is 1. The summed E-state index contributed by atoms with van der Waals surface area (Å²) in [6.45, 7) is 7.63. The average molecular weight is 647 g/mol. The minimum atomic E-state index is -4.32. The fourth-order valence-corrected chi connectivity index (χ4v) is 7.76. The van der Waals surface area contributed by atoms with E-state index < -0.39 is 21.0 Å². The first-order valence-electron chi connectivity index (χ1n) is 15.3. The van der Waals surface area contributed by atoms with E-state index in [4.69, 9.17) is 0 Å². The molecule has 0 unspecified atom stereocenters. The third-order valence-electron chi connectivity index (χ3n) is 8.60. The lowest BCUT2D eigenvalue weighted by Crippen LogP contribution is -2.55. The normalized spacial score (nSPS) is 18.6. The fourth-order valence-electron chi connectivity index (χ4n) is 5.77. The van der Waals surface area contributed by atoms with Gasteiger partial charge in [0.25, 0.3) is 15.7 Å². The Hall–Kier alpha value is -2.87. The Balaban J connectivity index is 1.39. The van der Waals surface area contributed by atoms with Gasteiger partial charge in [-0.2, -0.15) is 0 Å². The van der Waals surface area contributed by atoms with Gasteiger partial charge in [-0.05, 0) is 82.4 Å². The van der Waals surface area contributed by atoms with Crippen molar-refractivity contribution in [2.75, 3.05) is 57.9 Å². The number of hydrogen-bond acceptors (Lipinski definition) is 9. The van der Waals surface area contributed by atoms with Crippen LogP contribution in [0.4, 0.5) is 16.2 Å². The first kappa shape index (κ1) is 34.0. The number of nitro benzene ring substituents is 1. The van der Waals surface area contributed by atoms with Crippen LogP contribution in [0.3, 0.4) is 0 Å². The third-order valence-corrected chi connectivity index (χ3v) is 11.1. The Morgan fingerprint density at radius 3 is 2.36 bits per heavy atom. The second-order valence-electron chi connectivity index (χ2n) is 12.8. The molecule has 1 heterocycles. The molecule has 2 aliphatic rings. The molecule has 0 aromatic heterocycles. The Morgan fingerprint density at radius 2 is 1.75 bits per heavy atom. The van der Waals surface area contributed by atoms with E-state index in [1.54, 1.807) is 11.8 Å². The highest BCUT2D eigenvalue weighted by Crippen LogP contribution is 2.37. The van der Waals surface area contributed by atoms with E-state index in [1.165, 1.54) is 29.9 Å². The van der Waals surface area contributed by atoms with Crippen LogP contribution in [-0.4, -0.2) is 98.7 Å². The average Bonchev–Trinajstić information content (AvgIpc) is 2.98. The lowest BCUT2D eigenvalue weighted by atomic mass is 9.75. The van der Waals surface area contributed by atoms with Crippen molar-refractivity contribution in [3.8, 4) is 0 Å². The summed E-state index contributed by atoms with van der Waals surface area (Å²) in [6, 6.07) is 13.3. The summed E-state index contributed by atoms with van der Waals surface area (Å²) in [5.74, 6) is 0.664. The summed E-state index contributed by atoms with van der Waals surface area (Å²) >= 11 is 1.65. The first-order chi connectivity index (χ1) is 20.8. The van der Waals surface area contributed by atoms with Gasteiger partial charge < -0.3 is 15.1 Å². The number of piperazine rings is 1. The minimum Gasteiger partial charge on any atom is -0.376 e. The number of nitrogens with zero attached hydrogens (tertiary/aromatic N) is 4. The number of carbonyl (C=O) groups excluding carboxylic acids is 1. The van der Waals surface area contributed by atoms with E-state index in [-0.39, 0.29) is 22.3 Å². The highest BCUT2D eigenvalue weighted by Gasteiger charge is 2.33. The number of anilines is 1. The molecule has 44 heavy (non-hydrogen) atoms. The molecule has 2 aromatic carbocycles. The molecule has 1 aliphatic heterocycles. The largest absolute Gasteiger partial charge is 0.376 e. The second kappa shape index (κ2) is 14.9. The number of rotatable bonds is 12. The highest BCUT2D eigenvalue weighted by atomic mass is 32.2. The number of amides is 2. The first-order valence-corrected chi connectivity index (χ1v) is 17.7. The van der Waals surface area contributed by atoms with Gasteiger partial charge in [-0.1, -0.05) is 32.0 Å². The van der Waals surface area contributed by atoms with Gasteiger partial charge in [0.05, 0.1) is 9.82 Å². The molecule has 4 rings (SSSR count). The number of urea groups is 1. The molecular formula is C31H46N6O5S2. The van der Waals surface area contributed by atoms with Crippen molar-refractivity contribution in [3.63, 3.8) is 0 Å². The summed E-state index contributed by atoms with van der Waals surface area (Å²) in [6.07, 6.45) is 5.37. The molecule has 11 nitrogen and oxygen atoms in total. The molecule has 1 saturated carbocycles. The molecule has 1 aliphatic carbocycles. The van der Waals surface area contributed by atoms with E-state index >= 15 is 0 Å². The molecule has 242 valence electrons. The molecule has 2 N–H and O–H groups in total. The molecular weight excluding hydrogens is 601 g/mol. The molecule has 1 saturated heterocycles. The van der Waals surface area contributed by atoms with Gasteiger partial charge in [0.1, 0.15) is 5.69 Å². The van der Waals surface area contributed by atoms with Crippen molar-refractivity contribution in [1.29, 1.82) is 0 Å². The summed E-state index contributed by atoms with van der Waals surface area (Å²) in [4.78, 5) is 31.2. The van der Waals surface area contributed by atoms with Crippen LogP contribution in [0.5, 0.6) is 0 Å². The molecule has 2 aromatic rings. The summed E-state index contributed by atoms with van der Waals surface area (Å²) in [5.41, 5.74) is 0.259. The summed E-state index contributed by atoms with van der Waals surface area (Å²) in [5, 5.41) is 15.3. The number of benzene rings is 2. The van der Waals surface area contributed by atoms with Crippen molar-refractivity contribution in [2.24, 2.45) is 5.41 Å². The van der Waals surface area contributed by atoms with Crippen molar-refractivity contribution >= 4 is 39.2 Å². The maximum Gasteiger partial charge on any atom is 0.331 e. The summed E-state index contributed by atoms with van der Waals surface area (Å²) in [7, 11) is -0.388. The van der Waals surface area contributed by atoms with Crippen molar-refractivity contribution in [1.82, 2.24) is 19.4 Å². The van der Waals surface area contributed by atoms with Crippen LogP contribution in [0.2, 0.25) is 0 Å². The quantitative estimate of drug-likeness (QED) is 0.184. The van der Waals surface area contributed by atoms with Gasteiger partial charge in [-0.3, -0.25) is 15.0 Å². The van der Waals surface area contributed by atoms with Crippen molar-refractivity contribution in [2.45, 2.75) is 67.8 Å². The zero-order valence-corrected chi connectivity index (χ0v) is 27.8. The van der Waals surface area contributed by atoms with Crippen molar-refractivity contribution in [3.05, 3.63) is 58.6 Å². The standard InChI is InChI=1S/C31H46N6O5S2/c1-31(2)15-12-25(13-16-31)35-18-20-36(21-19-35)30(38)33-44(41,42)27-10-11-28(29(22-27)37(39)40)32-24(14-17-34(3)4)23-43-26-8-6-5-7-9-26/h5-11,22,24-25,32H,12-21,23H2,1-4H3,(H,33,38)/t24-/m1/s1. The van der Waals surface area contributed by atoms with Crippen LogP contribution >= 0.6 is 11.8 Å². The van der Waals surface area contributed by atoms with E-state index in [2.05, 4.69) is 28.8 Å². The van der Waals surface area contributed by atoms with Crippen LogP contribution in [-0.2, 0) is 10.0 Å². The molecule has 0 bridgehead atoms. The van der Waals surface area contributed by atoms with Gasteiger partial charge in [0.15, 0.2) is 0 Å².